The SMILES string of the molecule is COCc1nnc2c3ccc(Cl)cc3nc(N3CCN(C(=O)c4cccc(C)c4)CC3)n12. The molecule has 0 aliphatic carbocycles. The van der Waals surface area contributed by atoms with Crippen LogP contribution in [0, 0.1) is 6.92 Å². The first-order valence-corrected chi connectivity index (χ1v) is 10.9. The molecule has 0 radical (unpaired) electrons. The van der Waals surface area contributed by atoms with E-state index in [1.54, 1.807) is 7.11 Å². The van der Waals surface area contributed by atoms with Crippen LogP contribution in [0.2, 0.25) is 5.02 Å². The molecule has 8 nitrogen and oxygen atoms in total. The standard InChI is InChI=1S/C23H23ClN6O2/c1-15-4-3-5-16(12-15)22(31)28-8-10-29(11-9-28)23-25-19-13-17(24)6-7-18(19)21-27-26-20(14-32-2)30(21)23/h3-7,12-13H,8-11,14H2,1-2H3. The minimum atomic E-state index is 0.0566. The fourth-order valence-electron chi connectivity index (χ4n) is 4.15. The van der Waals surface area contributed by atoms with Crippen LogP contribution in [-0.2, 0) is 11.3 Å². The number of carbonyl (C=O) groups is 1. The number of carbonyl (C=O) groups excluding carboxylic acids is 1. The van der Waals surface area contributed by atoms with E-state index < -0.39 is 0 Å². The number of hydrogen-bond donors (Lipinski definition) is 0. The van der Waals surface area contributed by atoms with Gasteiger partial charge in [0, 0.05) is 49.3 Å². The second-order valence-corrected chi connectivity index (χ2v) is 8.37. The second-order valence-electron chi connectivity index (χ2n) is 7.93. The zero-order chi connectivity index (χ0) is 22.2. The maximum Gasteiger partial charge on any atom is 0.253 e. The van der Waals surface area contributed by atoms with E-state index in [1.165, 1.54) is 0 Å². The Kier molecular flexibility index (Phi) is 5.40. The Morgan fingerprint density at radius 2 is 1.91 bits per heavy atom. The highest BCUT2D eigenvalue weighted by atomic mass is 35.5. The lowest BCUT2D eigenvalue weighted by Crippen LogP contribution is -2.49. The van der Waals surface area contributed by atoms with Crippen molar-refractivity contribution < 1.29 is 9.53 Å². The Morgan fingerprint density at radius 3 is 2.66 bits per heavy atom. The minimum Gasteiger partial charge on any atom is -0.377 e. The Morgan fingerprint density at radius 1 is 1.09 bits per heavy atom. The number of aromatic nitrogens is 4. The van der Waals surface area contributed by atoms with Gasteiger partial charge in [0.25, 0.3) is 5.91 Å². The van der Waals surface area contributed by atoms with Gasteiger partial charge in [0.15, 0.2) is 11.5 Å². The molecule has 1 fully saturated rings. The molecule has 2 aromatic carbocycles. The van der Waals surface area contributed by atoms with Crippen LogP contribution in [0.1, 0.15) is 21.7 Å². The first kappa shape index (κ1) is 20.7. The molecule has 0 unspecified atom stereocenters. The second kappa shape index (κ2) is 8.37. The summed E-state index contributed by atoms with van der Waals surface area (Å²) < 4.78 is 7.27. The number of rotatable bonds is 4. The Bertz CT molecular complexity index is 1310. The van der Waals surface area contributed by atoms with Crippen molar-refractivity contribution in [2.45, 2.75) is 13.5 Å². The molecule has 4 aromatic rings. The van der Waals surface area contributed by atoms with Gasteiger partial charge in [0.2, 0.25) is 5.95 Å². The summed E-state index contributed by atoms with van der Waals surface area (Å²) in [6.45, 7) is 4.82. The van der Waals surface area contributed by atoms with Crippen molar-refractivity contribution >= 4 is 40.0 Å². The number of hydrogen-bond acceptors (Lipinski definition) is 6. The summed E-state index contributed by atoms with van der Waals surface area (Å²) in [5.41, 5.74) is 3.27. The van der Waals surface area contributed by atoms with E-state index in [0.29, 0.717) is 49.3 Å². The van der Waals surface area contributed by atoms with Crippen molar-refractivity contribution in [3.63, 3.8) is 0 Å². The third kappa shape index (κ3) is 3.65. The van der Waals surface area contributed by atoms with E-state index in [1.807, 2.05) is 58.7 Å². The number of piperazine rings is 1. The average molecular weight is 451 g/mol. The number of nitrogens with zero attached hydrogens (tertiary/aromatic N) is 6. The van der Waals surface area contributed by atoms with Gasteiger partial charge in [-0.1, -0.05) is 29.3 Å². The highest BCUT2D eigenvalue weighted by Gasteiger charge is 2.26. The highest BCUT2D eigenvalue weighted by molar-refractivity contribution is 6.31. The summed E-state index contributed by atoms with van der Waals surface area (Å²) in [4.78, 5) is 21.9. The summed E-state index contributed by atoms with van der Waals surface area (Å²) in [5, 5.41) is 10.2. The molecular formula is C23H23ClN6O2. The van der Waals surface area contributed by atoms with Gasteiger partial charge in [-0.3, -0.25) is 4.79 Å². The molecular weight excluding hydrogens is 428 g/mol. The molecule has 3 heterocycles. The normalized spacial score (nSPS) is 14.5. The molecule has 0 atom stereocenters. The molecule has 164 valence electrons. The summed E-state index contributed by atoms with van der Waals surface area (Å²) in [6, 6.07) is 13.3. The lowest BCUT2D eigenvalue weighted by Gasteiger charge is -2.35. The molecule has 9 heteroatoms. The number of halogens is 1. The van der Waals surface area contributed by atoms with Crippen molar-refractivity contribution in [1.82, 2.24) is 24.5 Å². The third-order valence-corrected chi connectivity index (χ3v) is 5.97. The van der Waals surface area contributed by atoms with Crippen LogP contribution in [0.3, 0.4) is 0 Å². The average Bonchev–Trinajstić information content (AvgIpc) is 3.22. The number of ether oxygens (including phenoxy) is 1. The van der Waals surface area contributed by atoms with E-state index >= 15 is 0 Å². The number of amides is 1. The van der Waals surface area contributed by atoms with Crippen LogP contribution in [0.5, 0.6) is 0 Å². The smallest absolute Gasteiger partial charge is 0.253 e. The number of aryl methyl sites for hydroxylation is 1. The Balaban J connectivity index is 1.48. The van der Waals surface area contributed by atoms with E-state index in [2.05, 4.69) is 15.1 Å². The fraction of sp³-hybridized carbons (Fsp3) is 0.304. The summed E-state index contributed by atoms with van der Waals surface area (Å²) in [5.74, 6) is 1.47. The van der Waals surface area contributed by atoms with Crippen LogP contribution < -0.4 is 4.90 Å². The van der Waals surface area contributed by atoms with Crippen molar-refractivity contribution in [2.24, 2.45) is 0 Å². The zero-order valence-electron chi connectivity index (χ0n) is 18.0. The molecule has 5 rings (SSSR count). The van der Waals surface area contributed by atoms with Crippen molar-refractivity contribution in [3.8, 4) is 0 Å². The van der Waals surface area contributed by atoms with Crippen molar-refractivity contribution in [3.05, 3.63) is 64.4 Å². The monoisotopic (exact) mass is 450 g/mol. The molecule has 0 spiro atoms. The predicted octanol–water partition coefficient (Wildman–Crippen LogP) is 3.35. The summed E-state index contributed by atoms with van der Waals surface area (Å²) in [6.07, 6.45) is 0. The molecule has 1 amide bonds. The molecule has 2 aromatic heterocycles. The molecule has 32 heavy (non-hydrogen) atoms. The zero-order valence-corrected chi connectivity index (χ0v) is 18.7. The van der Waals surface area contributed by atoms with Crippen molar-refractivity contribution in [2.75, 3.05) is 38.2 Å². The Hall–Kier alpha value is -3.23. The van der Waals surface area contributed by atoms with Gasteiger partial charge in [-0.05, 0) is 37.3 Å². The molecule has 0 saturated carbocycles. The minimum absolute atomic E-state index is 0.0566. The van der Waals surface area contributed by atoms with Gasteiger partial charge in [0.05, 0.1) is 5.52 Å². The van der Waals surface area contributed by atoms with E-state index in [0.717, 1.165) is 28.0 Å². The van der Waals surface area contributed by atoms with Crippen LogP contribution in [-0.4, -0.2) is 63.7 Å². The third-order valence-electron chi connectivity index (χ3n) is 5.74. The summed E-state index contributed by atoms with van der Waals surface area (Å²) >= 11 is 6.23. The van der Waals surface area contributed by atoms with Gasteiger partial charge in [-0.25, -0.2) is 9.38 Å². The molecule has 0 bridgehead atoms. The quantitative estimate of drug-likeness (QED) is 0.474. The largest absolute Gasteiger partial charge is 0.377 e. The maximum atomic E-state index is 13.0. The van der Waals surface area contributed by atoms with Gasteiger partial charge >= 0.3 is 0 Å². The molecule has 1 aliphatic heterocycles. The lowest BCUT2D eigenvalue weighted by molar-refractivity contribution is 0.0746. The number of fused-ring (bicyclic) bond motifs is 3. The number of methoxy groups -OCH3 is 1. The Labute approximate surface area is 190 Å². The maximum absolute atomic E-state index is 13.0. The predicted molar refractivity (Wildman–Crippen MR) is 123 cm³/mol. The molecule has 0 N–H and O–H groups in total. The van der Waals surface area contributed by atoms with Gasteiger partial charge in [0.1, 0.15) is 6.61 Å². The van der Waals surface area contributed by atoms with E-state index in [4.69, 9.17) is 21.3 Å². The first-order chi connectivity index (χ1) is 15.5. The van der Waals surface area contributed by atoms with Crippen LogP contribution in [0.15, 0.2) is 42.5 Å². The molecule has 1 saturated heterocycles. The van der Waals surface area contributed by atoms with Gasteiger partial charge in [-0.2, -0.15) is 0 Å². The lowest BCUT2D eigenvalue weighted by atomic mass is 10.1. The summed E-state index contributed by atoms with van der Waals surface area (Å²) in [7, 11) is 1.63. The number of benzene rings is 2. The first-order valence-electron chi connectivity index (χ1n) is 10.5. The van der Waals surface area contributed by atoms with Crippen LogP contribution >= 0.6 is 11.6 Å². The van der Waals surface area contributed by atoms with Crippen molar-refractivity contribution in [1.29, 1.82) is 0 Å². The van der Waals surface area contributed by atoms with E-state index in [9.17, 15) is 4.79 Å². The van der Waals surface area contributed by atoms with E-state index in [-0.39, 0.29) is 5.91 Å². The number of anilines is 1. The van der Waals surface area contributed by atoms with Gasteiger partial charge < -0.3 is 14.5 Å². The van der Waals surface area contributed by atoms with Crippen LogP contribution in [0.25, 0.3) is 16.6 Å². The van der Waals surface area contributed by atoms with Gasteiger partial charge in [-0.15, -0.1) is 10.2 Å². The highest BCUT2D eigenvalue weighted by Crippen LogP contribution is 2.27. The topological polar surface area (TPSA) is 75.9 Å². The van der Waals surface area contributed by atoms with Crippen LogP contribution in [0.4, 0.5) is 5.95 Å². The molecule has 1 aliphatic rings. The fourth-order valence-corrected chi connectivity index (χ4v) is 4.32.